The number of rotatable bonds is 5. The molecule has 0 bridgehead atoms. The maximum absolute atomic E-state index is 12.1. The third-order valence-corrected chi connectivity index (χ3v) is 3.39. The molecule has 5 nitrogen and oxygen atoms in total. The molecule has 2 atom stereocenters. The lowest BCUT2D eigenvalue weighted by Gasteiger charge is -2.19. The van der Waals surface area contributed by atoms with E-state index >= 15 is 0 Å². The van der Waals surface area contributed by atoms with Crippen molar-refractivity contribution in [3.05, 3.63) is 46.6 Å². The van der Waals surface area contributed by atoms with Crippen LogP contribution in [0.2, 0.25) is 5.02 Å². The molecule has 0 fully saturated rings. The quantitative estimate of drug-likeness (QED) is 0.889. The van der Waals surface area contributed by atoms with Crippen LogP contribution < -0.4 is 10.6 Å². The summed E-state index contributed by atoms with van der Waals surface area (Å²) in [6.45, 7) is 5.58. The average molecular weight is 308 g/mol. The molecule has 1 amide bonds. The van der Waals surface area contributed by atoms with E-state index in [0.717, 1.165) is 11.3 Å². The molecule has 6 heteroatoms. The Labute approximate surface area is 128 Å². The molecule has 0 aliphatic carbocycles. The van der Waals surface area contributed by atoms with Crippen LogP contribution >= 0.6 is 11.6 Å². The van der Waals surface area contributed by atoms with Crippen LogP contribution in [0.15, 0.2) is 34.9 Å². The number of anilines is 1. The highest BCUT2D eigenvalue weighted by Crippen LogP contribution is 2.17. The molecule has 1 aromatic carbocycles. The van der Waals surface area contributed by atoms with Gasteiger partial charge in [0.2, 0.25) is 11.8 Å². The first-order chi connectivity index (χ1) is 9.95. The lowest BCUT2D eigenvalue weighted by atomic mass is 10.1. The van der Waals surface area contributed by atoms with Gasteiger partial charge < -0.3 is 4.52 Å². The van der Waals surface area contributed by atoms with E-state index in [1.165, 1.54) is 0 Å². The highest BCUT2D eigenvalue weighted by atomic mass is 35.5. The van der Waals surface area contributed by atoms with Crippen LogP contribution in [0.5, 0.6) is 0 Å². The summed E-state index contributed by atoms with van der Waals surface area (Å²) in [5.41, 5.74) is 1.79. The van der Waals surface area contributed by atoms with Crippen LogP contribution in [0, 0.1) is 6.92 Å². The Kier molecular flexibility index (Phi) is 4.98. The molecule has 2 rings (SSSR count). The van der Waals surface area contributed by atoms with E-state index in [1.807, 2.05) is 31.2 Å². The number of carbonyl (C=O) groups excluding carboxylic acids is 1. The van der Waals surface area contributed by atoms with Gasteiger partial charge in [-0.2, -0.15) is 0 Å². The number of hydrogen-bond acceptors (Lipinski definition) is 4. The smallest absolute Gasteiger partial charge is 0.243 e. The van der Waals surface area contributed by atoms with Crippen LogP contribution in [-0.4, -0.2) is 17.1 Å². The highest BCUT2D eigenvalue weighted by molar-refractivity contribution is 6.30. The van der Waals surface area contributed by atoms with E-state index in [9.17, 15) is 4.79 Å². The Morgan fingerprint density at radius 2 is 1.95 bits per heavy atom. The van der Waals surface area contributed by atoms with Crippen molar-refractivity contribution in [1.29, 1.82) is 0 Å². The normalized spacial score (nSPS) is 13.7. The number of aromatic nitrogens is 1. The molecule has 0 saturated carbocycles. The SMILES string of the molecule is Cc1cc(NC(=O)C(C)NC(C)c2ccc(Cl)cc2)on1. The molecule has 0 saturated heterocycles. The second kappa shape index (κ2) is 6.74. The second-order valence-corrected chi connectivity index (χ2v) is 5.42. The molecule has 2 aromatic rings. The van der Waals surface area contributed by atoms with Gasteiger partial charge in [-0.15, -0.1) is 0 Å². The van der Waals surface area contributed by atoms with Crippen molar-refractivity contribution in [3.8, 4) is 0 Å². The van der Waals surface area contributed by atoms with Gasteiger partial charge in [0.15, 0.2) is 0 Å². The lowest BCUT2D eigenvalue weighted by Crippen LogP contribution is -2.39. The van der Waals surface area contributed by atoms with Gasteiger partial charge in [-0.25, -0.2) is 0 Å². The second-order valence-electron chi connectivity index (χ2n) is 4.98. The van der Waals surface area contributed by atoms with Crippen LogP contribution in [0.25, 0.3) is 0 Å². The molecule has 0 radical (unpaired) electrons. The summed E-state index contributed by atoms with van der Waals surface area (Å²) in [4.78, 5) is 12.1. The number of halogens is 1. The van der Waals surface area contributed by atoms with Crippen molar-refractivity contribution < 1.29 is 9.32 Å². The van der Waals surface area contributed by atoms with Crippen LogP contribution in [-0.2, 0) is 4.79 Å². The Morgan fingerprint density at radius 3 is 2.52 bits per heavy atom. The van der Waals surface area contributed by atoms with Gasteiger partial charge in [0, 0.05) is 17.1 Å². The molecule has 0 aliphatic heterocycles. The summed E-state index contributed by atoms with van der Waals surface area (Å²) in [7, 11) is 0. The number of aryl methyl sites for hydroxylation is 1. The molecular formula is C15H18ClN3O2. The fourth-order valence-electron chi connectivity index (χ4n) is 1.95. The number of nitrogens with zero attached hydrogens (tertiary/aromatic N) is 1. The Bertz CT molecular complexity index is 610. The Hall–Kier alpha value is -1.85. The van der Waals surface area contributed by atoms with Crippen molar-refractivity contribution in [1.82, 2.24) is 10.5 Å². The monoisotopic (exact) mass is 307 g/mol. The molecular weight excluding hydrogens is 290 g/mol. The zero-order valence-electron chi connectivity index (χ0n) is 12.2. The van der Waals surface area contributed by atoms with E-state index in [1.54, 1.807) is 19.9 Å². The molecule has 0 aliphatic rings. The van der Waals surface area contributed by atoms with E-state index in [4.69, 9.17) is 16.1 Å². The summed E-state index contributed by atoms with van der Waals surface area (Å²) >= 11 is 5.86. The fourth-order valence-corrected chi connectivity index (χ4v) is 2.08. The maximum atomic E-state index is 12.1. The van der Waals surface area contributed by atoms with Gasteiger partial charge >= 0.3 is 0 Å². The topological polar surface area (TPSA) is 67.2 Å². The zero-order valence-corrected chi connectivity index (χ0v) is 12.9. The molecule has 112 valence electrons. The molecule has 1 heterocycles. The van der Waals surface area contributed by atoms with Crippen molar-refractivity contribution in [2.45, 2.75) is 32.9 Å². The Balaban J connectivity index is 1.92. The third-order valence-electron chi connectivity index (χ3n) is 3.14. The van der Waals surface area contributed by atoms with E-state index in [2.05, 4.69) is 15.8 Å². The van der Waals surface area contributed by atoms with Gasteiger partial charge in [-0.3, -0.25) is 15.4 Å². The van der Waals surface area contributed by atoms with Gasteiger partial charge in [0.25, 0.3) is 0 Å². The number of hydrogen-bond donors (Lipinski definition) is 2. The van der Waals surface area contributed by atoms with Gasteiger partial charge in [-0.05, 0) is 38.5 Å². The van der Waals surface area contributed by atoms with Crippen LogP contribution in [0.1, 0.15) is 31.1 Å². The standard InChI is InChI=1S/C15H18ClN3O2/c1-9-8-14(21-19-9)18-15(20)11(3)17-10(2)12-4-6-13(16)7-5-12/h4-8,10-11,17H,1-3H3,(H,18,20). The fraction of sp³-hybridized carbons (Fsp3) is 0.333. The van der Waals surface area contributed by atoms with Crippen LogP contribution in [0.3, 0.4) is 0 Å². The first-order valence-electron chi connectivity index (χ1n) is 6.71. The van der Waals surface area contributed by atoms with E-state index < -0.39 is 0 Å². The molecule has 0 spiro atoms. The molecule has 2 N–H and O–H groups in total. The number of amides is 1. The average Bonchev–Trinajstić information content (AvgIpc) is 2.84. The van der Waals surface area contributed by atoms with E-state index in [0.29, 0.717) is 10.9 Å². The number of carbonyl (C=O) groups is 1. The predicted octanol–water partition coefficient (Wildman–Crippen LogP) is 3.31. The van der Waals surface area contributed by atoms with Crippen LogP contribution in [0.4, 0.5) is 5.88 Å². The number of benzene rings is 1. The van der Waals surface area contributed by atoms with Gasteiger partial charge in [0.05, 0.1) is 11.7 Å². The summed E-state index contributed by atoms with van der Waals surface area (Å²) in [5.74, 6) is 0.178. The summed E-state index contributed by atoms with van der Waals surface area (Å²) in [6.07, 6.45) is 0. The summed E-state index contributed by atoms with van der Waals surface area (Å²) < 4.78 is 4.96. The Morgan fingerprint density at radius 1 is 1.29 bits per heavy atom. The van der Waals surface area contributed by atoms with Crippen molar-refractivity contribution >= 4 is 23.4 Å². The third kappa shape index (κ3) is 4.31. The molecule has 1 aromatic heterocycles. The van der Waals surface area contributed by atoms with Gasteiger partial charge in [-0.1, -0.05) is 28.9 Å². The first-order valence-corrected chi connectivity index (χ1v) is 7.09. The molecule has 2 unspecified atom stereocenters. The lowest BCUT2D eigenvalue weighted by molar-refractivity contribution is -0.118. The minimum absolute atomic E-state index is 0.0273. The van der Waals surface area contributed by atoms with E-state index in [-0.39, 0.29) is 18.0 Å². The summed E-state index contributed by atoms with van der Waals surface area (Å²) in [5, 5.41) is 10.3. The predicted molar refractivity (Wildman–Crippen MR) is 82.3 cm³/mol. The minimum Gasteiger partial charge on any atom is -0.338 e. The highest BCUT2D eigenvalue weighted by Gasteiger charge is 2.17. The van der Waals surface area contributed by atoms with Gasteiger partial charge in [0.1, 0.15) is 0 Å². The largest absolute Gasteiger partial charge is 0.338 e. The molecule has 21 heavy (non-hydrogen) atoms. The maximum Gasteiger partial charge on any atom is 0.243 e. The van der Waals surface area contributed by atoms with Crippen molar-refractivity contribution in [3.63, 3.8) is 0 Å². The van der Waals surface area contributed by atoms with Crippen molar-refractivity contribution in [2.75, 3.05) is 5.32 Å². The first kappa shape index (κ1) is 15.5. The zero-order chi connectivity index (χ0) is 15.4. The van der Waals surface area contributed by atoms with Crippen molar-refractivity contribution in [2.24, 2.45) is 0 Å². The minimum atomic E-state index is -0.374. The number of nitrogens with one attached hydrogen (secondary N) is 2. The summed E-state index contributed by atoms with van der Waals surface area (Å²) in [6, 6.07) is 8.86.